The highest BCUT2D eigenvalue weighted by Gasteiger charge is 2.27. The summed E-state index contributed by atoms with van der Waals surface area (Å²) in [6.07, 6.45) is 1.42. The van der Waals surface area contributed by atoms with Crippen molar-refractivity contribution >= 4 is 5.91 Å². The van der Waals surface area contributed by atoms with E-state index in [1.165, 1.54) is 5.06 Å². The Labute approximate surface area is 101 Å². The number of carbonyl (C=O) groups excluding carboxylic acids is 1. The van der Waals surface area contributed by atoms with E-state index in [-0.39, 0.29) is 5.91 Å². The molecule has 17 heavy (non-hydrogen) atoms. The van der Waals surface area contributed by atoms with E-state index in [1.54, 1.807) is 7.11 Å². The maximum absolute atomic E-state index is 12.2. The number of hydrogen-bond donors (Lipinski definition) is 0. The molecule has 1 saturated heterocycles. The second-order valence-corrected chi connectivity index (χ2v) is 4.01. The van der Waals surface area contributed by atoms with Gasteiger partial charge in [-0.05, 0) is 18.4 Å². The second-order valence-electron chi connectivity index (χ2n) is 4.01. The van der Waals surface area contributed by atoms with E-state index < -0.39 is 6.10 Å². The highest BCUT2D eigenvalue weighted by Crippen LogP contribution is 2.21. The normalized spacial score (nSPS) is 17.8. The van der Waals surface area contributed by atoms with Gasteiger partial charge < -0.3 is 4.74 Å². The van der Waals surface area contributed by atoms with Crippen molar-refractivity contribution in [1.29, 1.82) is 0 Å². The fourth-order valence-electron chi connectivity index (χ4n) is 1.91. The Morgan fingerprint density at radius 1 is 1.35 bits per heavy atom. The van der Waals surface area contributed by atoms with Crippen LogP contribution < -0.4 is 0 Å². The van der Waals surface area contributed by atoms with Crippen LogP contribution in [0.25, 0.3) is 0 Å². The molecule has 0 aromatic heterocycles. The average molecular weight is 235 g/mol. The number of amides is 1. The van der Waals surface area contributed by atoms with Gasteiger partial charge in [0.2, 0.25) is 0 Å². The number of nitrogens with zero attached hydrogens (tertiary/aromatic N) is 1. The topological polar surface area (TPSA) is 38.8 Å². The zero-order valence-electron chi connectivity index (χ0n) is 9.96. The lowest BCUT2D eigenvalue weighted by molar-refractivity contribution is -0.206. The first-order valence-electron chi connectivity index (χ1n) is 5.85. The minimum absolute atomic E-state index is 0.126. The maximum Gasteiger partial charge on any atom is 0.279 e. The lowest BCUT2D eigenvalue weighted by atomic mass is 10.1. The zero-order chi connectivity index (χ0) is 12.1. The molecule has 1 atom stereocenters. The van der Waals surface area contributed by atoms with Crippen molar-refractivity contribution < 1.29 is 14.4 Å². The predicted molar refractivity (Wildman–Crippen MR) is 63.1 cm³/mol. The van der Waals surface area contributed by atoms with E-state index in [9.17, 15) is 4.79 Å². The van der Waals surface area contributed by atoms with Crippen molar-refractivity contribution in [2.45, 2.75) is 18.9 Å². The fraction of sp³-hybridized carbons (Fsp3) is 0.462. The Morgan fingerprint density at radius 3 is 2.71 bits per heavy atom. The molecule has 4 heteroatoms. The molecular formula is C13H17NO3. The first-order chi connectivity index (χ1) is 8.33. The lowest BCUT2D eigenvalue weighted by Crippen LogP contribution is -2.39. The molecule has 1 aromatic rings. The largest absolute Gasteiger partial charge is 0.367 e. The summed E-state index contributed by atoms with van der Waals surface area (Å²) < 4.78 is 5.28. The predicted octanol–water partition coefficient (Wildman–Crippen LogP) is 1.93. The summed E-state index contributed by atoms with van der Waals surface area (Å²) >= 11 is 0. The summed E-state index contributed by atoms with van der Waals surface area (Å²) in [6.45, 7) is 1.25. The molecular weight excluding hydrogens is 218 g/mol. The molecule has 1 heterocycles. The van der Waals surface area contributed by atoms with Crippen molar-refractivity contribution in [2.75, 3.05) is 20.3 Å². The van der Waals surface area contributed by atoms with E-state index in [4.69, 9.17) is 9.57 Å². The molecule has 0 radical (unpaired) electrons. The molecule has 1 amide bonds. The first kappa shape index (κ1) is 12.1. The van der Waals surface area contributed by atoms with E-state index >= 15 is 0 Å². The van der Waals surface area contributed by atoms with Gasteiger partial charge in [-0.1, -0.05) is 30.3 Å². The maximum atomic E-state index is 12.2. The van der Waals surface area contributed by atoms with Crippen LogP contribution in [0.5, 0.6) is 0 Å². The van der Waals surface area contributed by atoms with Crippen molar-refractivity contribution in [3.8, 4) is 0 Å². The van der Waals surface area contributed by atoms with Crippen LogP contribution in [0.3, 0.4) is 0 Å². The van der Waals surface area contributed by atoms with Crippen LogP contribution in [0, 0.1) is 0 Å². The highest BCUT2D eigenvalue weighted by atomic mass is 16.7. The number of benzene rings is 1. The molecule has 0 spiro atoms. The van der Waals surface area contributed by atoms with E-state index in [1.807, 2.05) is 30.3 Å². The van der Waals surface area contributed by atoms with Gasteiger partial charge in [-0.25, -0.2) is 5.06 Å². The molecule has 0 saturated carbocycles. The molecule has 1 aromatic carbocycles. The van der Waals surface area contributed by atoms with Crippen molar-refractivity contribution in [2.24, 2.45) is 0 Å². The van der Waals surface area contributed by atoms with Crippen molar-refractivity contribution in [3.05, 3.63) is 35.9 Å². The quantitative estimate of drug-likeness (QED) is 0.803. The third-order valence-corrected chi connectivity index (χ3v) is 2.81. The van der Waals surface area contributed by atoms with Gasteiger partial charge in [-0.15, -0.1) is 0 Å². The molecule has 0 aliphatic carbocycles. The van der Waals surface area contributed by atoms with Gasteiger partial charge in [0.1, 0.15) is 0 Å². The minimum Gasteiger partial charge on any atom is -0.367 e. The SMILES string of the molecule is CO[C@@H](C(=O)N1CCCCO1)c1ccccc1. The van der Waals surface area contributed by atoms with Gasteiger partial charge in [0.25, 0.3) is 5.91 Å². The number of methoxy groups -OCH3 is 1. The molecule has 0 unspecified atom stereocenters. The molecule has 92 valence electrons. The Kier molecular flexibility index (Phi) is 4.12. The Bertz CT molecular complexity index is 360. The van der Waals surface area contributed by atoms with Crippen LogP contribution in [0.4, 0.5) is 0 Å². The monoisotopic (exact) mass is 235 g/mol. The number of hydroxylamine groups is 2. The van der Waals surface area contributed by atoms with Crippen molar-refractivity contribution in [1.82, 2.24) is 5.06 Å². The molecule has 1 fully saturated rings. The minimum atomic E-state index is -0.575. The van der Waals surface area contributed by atoms with Crippen LogP contribution >= 0.6 is 0 Å². The third-order valence-electron chi connectivity index (χ3n) is 2.81. The summed E-state index contributed by atoms with van der Waals surface area (Å²) in [5.74, 6) is -0.126. The zero-order valence-corrected chi connectivity index (χ0v) is 9.96. The summed E-state index contributed by atoms with van der Waals surface area (Å²) in [5.41, 5.74) is 0.856. The van der Waals surface area contributed by atoms with Gasteiger partial charge in [0.15, 0.2) is 6.10 Å². The number of ether oxygens (including phenoxy) is 1. The lowest BCUT2D eigenvalue weighted by Gasteiger charge is -2.29. The van der Waals surface area contributed by atoms with Gasteiger partial charge in [0, 0.05) is 13.7 Å². The van der Waals surface area contributed by atoms with Crippen LogP contribution in [0.1, 0.15) is 24.5 Å². The smallest absolute Gasteiger partial charge is 0.279 e. The Morgan fingerprint density at radius 2 is 2.12 bits per heavy atom. The van der Waals surface area contributed by atoms with Crippen LogP contribution in [0.15, 0.2) is 30.3 Å². The molecule has 1 aliphatic rings. The summed E-state index contributed by atoms with van der Waals surface area (Å²) in [6, 6.07) is 9.47. The molecule has 4 nitrogen and oxygen atoms in total. The van der Waals surface area contributed by atoms with Crippen LogP contribution in [-0.2, 0) is 14.4 Å². The van der Waals surface area contributed by atoms with E-state index in [0.29, 0.717) is 13.2 Å². The van der Waals surface area contributed by atoms with Gasteiger partial charge in [0.05, 0.1) is 6.61 Å². The second kappa shape index (κ2) is 5.80. The standard InChI is InChI=1S/C13H17NO3/c1-16-12(11-7-3-2-4-8-11)13(15)14-9-5-6-10-17-14/h2-4,7-8,12H,5-6,9-10H2,1H3/t12-/m1/s1. The molecule has 2 rings (SSSR count). The fourth-order valence-corrected chi connectivity index (χ4v) is 1.91. The van der Waals surface area contributed by atoms with Gasteiger partial charge >= 0.3 is 0 Å². The summed E-state index contributed by atoms with van der Waals surface area (Å²) in [4.78, 5) is 17.6. The average Bonchev–Trinajstić information content (AvgIpc) is 2.42. The van der Waals surface area contributed by atoms with E-state index in [2.05, 4.69) is 0 Å². The molecule has 0 N–H and O–H groups in total. The number of rotatable bonds is 3. The number of hydrogen-bond acceptors (Lipinski definition) is 3. The molecule has 0 bridgehead atoms. The summed E-state index contributed by atoms with van der Waals surface area (Å²) in [7, 11) is 1.54. The van der Waals surface area contributed by atoms with Gasteiger partial charge in [-0.2, -0.15) is 0 Å². The van der Waals surface area contributed by atoms with Crippen LogP contribution in [-0.4, -0.2) is 31.2 Å². The van der Waals surface area contributed by atoms with Crippen molar-refractivity contribution in [3.63, 3.8) is 0 Å². The Balaban J connectivity index is 2.10. The highest BCUT2D eigenvalue weighted by molar-refractivity contribution is 5.81. The molecule has 1 aliphatic heterocycles. The Hall–Kier alpha value is -1.39. The van der Waals surface area contributed by atoms with E-state index in [0.717, 1.165) is 18.4 Å². The summed E-state index contributed by atoms with van der Waals surface area (Å²) in [5, 5.41) is 1.42. The first-order valence-corrected chi connectivity index (χ1v) is 5.85. The van der Waals surface area contributed by atoms with Crippen LogP contribution in [0.2, 0.25) is 0 Å². The van der Waals surface area contributed by atoms with Gasteiger partial charge in [-0.3, -0.25) is 9.63 Å². The number of carbonyl (C=O) groups is 1. The third kappa shape index (κ3) is 2.84.